The predicted octanol–water partition coefficient (Wildman–Crippen LogP) is 2.89. The Hall–Kier alpha value is -1.68. The van der Waals surface area contributed by atoms with Crippen molar-refractivity contribution < 1.29 is 4.79 Å². The van der Waals surface area contributed by atoms with Crippen LogP contribution in [-0.2, 0) is 19.5 Å². The number of amides is 1. The highest BCUT2D eigenvalue weighted by Gasteiger charge is 2.07. The van der Waals surface area contributed by atoms with Crippen LogP contribution in [0, 0.1) is 0 Å². The number of nitrogens with zero attached hydrogens (tertiary/aromatic N) is 3. The Balaban J connectivity index is 0.00000338. The highest BCUT2D eigenvalue weighted by molar-refractivity contribution is 14.0. The van der Waals surface area contributed by atoms with Crippen LogP contribution < -0.4 is 10.6 Å². The molecule has 6 nitrogen and oxygen atoms in total. The van der Waals surface area contributed by atoms with Crippen molar-refractivity contribution in [1.82, 2.24) is 20.5 Å². The summed E-state index contributed by atoms with van der Waals surface area (Å²) in [4.78, 5) is 22.2. The van der Waals surface area contributed by atoms with Crippen LogP contribution in [0.25, 0.3) is 0 Å². The Labute approximate surface area is 176 Å². The number of aliphatic imine (C=N–C) groups is 1. The Bertz CT molecular complexity index is 727. The van der Waals surface area contributed by atoms with Crippen LogP contribution in [-0.4, -0.2) is 42.9 Å². The molecule has 142 valence electrons. The summed E-state index contributed by atoms with van der Waals surface area (Å²) >= 11 is 1.68. The molecule has 1 amide bonds. The fourth-order valence-electron chi connectivity index (χ4n) is 2.20. The molecule has 2 N–H and O–H groups in total. The number of guanidine groups is 1. The van der Waals surface area contributed by atoms with Gasteiger partial charge in [0.05, 0.1) is 17.2 Å². The van der Waals surface area contributed by atoms with Gasteiger partial charge in [0.1, 0.15) is 0 Å². The highest BCUT2D eigenvalue weighted by atomic mass is 127. The predicted molar refractivity (Wildman–Crippen MR) is 118 cm³/mol. The van der Waals surface area contributed by atoms with E-state index in [0.717, 1.165) is 28.6 Å². The normalized spacial score (nSPS) is 10.8. The van der Waals surface area contributed by atoms with Crippen molar-refractivity contribution in [3.05, 3.63) is 51.5 Å². The number of benzene rings is 1. The van der Waals surface area contributed by atoms with Crippen LogP contribution in [0.15, 0.2) is 34.6 Å². The zero-order valence-electron chi connectivity index (χ0n) is 15.6. The maximum absolute atomic E-state index is 11.9. The average Bonchev–Trinajstić information content (AvgIpc) is 3.09. The highest BCUT2D eigenvalue weighted by Crippen LogP contribution is 2.10. The van der Waals surface area contributed by atoms with E-state index in [-0.39, 0.29) is 29.9 Å². The van der Waals surface area contributed by atoms with Crippen LogP contribution >= 0.6 is 35.3 Å². The summed E-state index contributed by atoms with van der Waals surface area (Å²) in [5.41, 5.74) is 2.79. The van der Waals surface area contributed by atoms with Crippen molar-refractivity contribution >= 4 is 47.2 Å². The van der Waals surface area contributed by atoms with Crippen LogP contribution in [0.3, 0.4) is 0 Å². The second kappa shape index (κ2) is 11.1. The average molecular weight is 487 g/mol. The molecule has 0 radical (unpaired) electrons. The van der Waals surface area contributed by atoms with E-state index in [1.165, 1.54) is 0 Å². The molecule has 0 saturated heterocycles. The molecule has 0 fully saturated rings. The quantitative estimate of drug-likeness (QED) is 0.374. The van der Waals surface area contributed by atoms with E-state index >= 15 is 0 Å². The van der Waals surface area contributed by atoms with Gasteiger partial charge in [-0.3, -0.25) is 9.79 Å². The molecule has 0 unspecified atom stereocenters. The fourth-order valence-corrected chi connectivity index (χ4v) is 2.94. The van der Waals surface area contributed by atoms with Gasteiger partial charge < -0.3 is 15.5 Å². The number of hydrogen-bond donors (Lipinski definition) is 2. The topological polar surface area (TPSA) is 69.6 Å². The molecule has 0 spiro atoms. The van der Waals surface area contributed by atoms with Gasteiger partial charge in [-0.25, -0.2) is 4.98 Å². The lowest BCUT2D eigenvalue weighted by molar-refractivity contribution is 0.0827. The minimum atomic E-state index is 0. The summed E-state index contributed by atoms with van der Waals surface area (Å²) < 4.78 is 0. The molecule has 8 heteroatoms. The Morgan fingerprint density at radius 3 is 2.38 bits per heavy atom. The van der Waals surface area contributed by atoms with E-state index in [4.69, 9.17) is 0 Å². The molecule has 0 aliphatic heterocycles. The summed E-state index contributed by atoms with van der Waals surface area (Å²) in [6.45, 7) is 3.38. The number of thiazole rings is 1. The van der Waals surface area contributed by atoms with Crippen molar-refractivity contribution in [2.24, 2.45) is 4.99 Å². The number of aryl methyl sites for hydroxylation is 1. The van der Waals surface area contributed by atoms with Gasteiger partial charge in [-0.15, -0.1) is 35.3 Å². The van der Waals surface area contributed by atoms with Crippen molar-refractivity contribution in [2.75, 3.05) is 21.1 Å². The first-order valence-corrected chi connectivity index (χ1v) is 9.09. The Kier molecular flexibility index (Phi) is 9.57. The second-order valence-electron chi connectivity index (χ2n) is 5.76. The number of carbonyl (C=O) groups is 1. The number of halogens is 1. The molecular formula is C18H26IN5OS. The van der Waals surface area contributed by atoms with Crippen molar-refractivity contribution in [1.29, 1.82) is 0 Å². The number of hydrogen-bond acceptors (Lipinski definition) is 4. The van der Waals surface area contributed by atoms with Crippen LogP contribution in [0.5, 0.6) is 0 Å². The summed E-state index contributed by atoms with van der Waals surface area (Å²) in [5, 5.41) is 9.74. The first-order chi connectivity index (χ1) is 12.0. The molecule has 1 aromatic carbocycles. The molecule has 0 aliphatic carbocycles. The second-order valence-corrected chi connectivity index (χ2v) is 6.70. The maximum Gasteiger partial charge on any atom is 0.253 e. The number of rotatable bonds is 6. The molecule has 0 atom stereocenters. The minimum Gasteiger partial charge on any atom is -0.352 e. The summed E-state index contributed by atoms with van der Waals surface area (Å²) in [7, 11) is 5.24. The van der Waals surface area contributed by atoms with Crippen molar-refractivity contribution in [3.8, 4) is 0 Å². The smallest absolute Gasteiger partial charge is 0.253 e. The standard InChI is InChI=1S/C18H25N5OS.HI/c1-5-16-22-15(12-25-16)11-21-18(19-2)20-10-13-6-8-14(9-7-13)17(24)23(3)4;/h6-9,12H,5,10-11H2,1-4H3,(H2,19,20,21);1H. The van der Waals surface area contributed by atoms with Gasteiger partial charge in [0.2, 0.25) is 0 Å². The van der Waals surface area contributed by atoms with Crippen molar-refractivity contribution in [3.63, 3.8) is 0 Å². The monoisotopic (exact) mass is 487 g/mol. The summed E-state index contributed by atoms with van der Waals surface area (Å²) in [6, 6.07) is 7.59. The third-order valence-corrected chi connectivity index (χ3v) is 4.67. The molecule has 0 aliphatic rings. The first kappa shape index (κ1) is 22.4. The summed E-state index contributed by atoms with van der Waals surface area (Å²) in [5.74, 6) is 0.728. The number of aromatic nitrogens is 1. The fraction of sp³-hybridized carbons (Fsp3) is 0.389. The minimum absolute atomic E-state index is 0. The van der Waals surface area contributed by atoms with E-state index in [9.17, 15) is 4.79 Å². The largest absolute Gasteiger partial charge is 0.352 e. The van der Waals surface area contributed by atoms with Gasteiger partial charge in [0.25, 0.3) is 5.91 Å². The Morgan fingerprint density at radius 2 is 1.85 bits per heavy atom. The first-order valence-electron chi connectivity index (χ1n) is 8.21. The zero-order chi connectivity index (χ0) is 18.2. The molecule has 1 aromatic heterocycles. The molecule has 2 aromatic rings. The molecule has 0 bridgehead atoms. The van der Waals surface area contributed by atoms with E-state index < -0.39 is 0 Å². The van der Waals surface area contributed by atoms with E-state index in [1.54, 1.807) is 37.4 Å². The third-order valence-electron chi connectivity index (χ3n) is 3.63. The van der Waals surface area contributed by atoms with Crippen LogP contribution in [0.1, 0.15) is 33.5 Å². The lowest BCUT2D eigenvalue weighted by Gasteiger charge is -2.12. The van der Waals surface area contributed by atoms with Gasteiger partial charge in [0.15, 0.2) is 5.96 Å². The van der Waals surface area contributed by atoms with Gasteiger partial charge >= 0.3 is 0 Å². The third kappa shape index (κ3) is 6.56. The van der Waals surface area contributed by atoms with Crippen LogP contribution in [0.4, 0.5) is 0 Å². The zero-order valence-corrected chi connectivity index (χ0v) is 18.7. The lowest BCUT2D eigenvalue weighted by atomic mass is 10.1. The maximum atomic E-state index is 11.9. The number of carbonyl (C=O) groups excluding carboxylic acids is 1. The summed E-state index contributed by atoms with van der Waals surface area (Å²) in [6.07, 6.45) is 0.962. The molecule has 2 rings (SSSR count). The van der Waals surface area contributed by atoms with E-state index in [0.29, 0.717) is 18.7 Å². The van der Waals surface area contributed by atoms with Gasteiger partial charge in [0, 0.05) is 38.6 Å². The van der Waals surface area contributed by atoms with Gasteiger partial charge in [-0.2, -0.15) is 0 Å². The molecule has 26 heavy (non-hydrogen) atoms. The molecular weight excluding hydrogens is 461 g/mol. The number of nitrogens with one attached hydrogen (secondary N) is 2. The molecule has 0 saturated carbocycles. The van der Waals surface area contributed by atoms with Gasteiger partial charge in [-0.1, -0.05) is 19.1 Å². The molecule has 1 heterocycles. The van der Waals surface area contributed by atoms with E-state index in [2.05, 4.69) is 32.9 Å². The lowest BCUT2D eigenvalue weighted by Crippen LogP contribution is -2.36. The van der Waals surface area contributed by atoms with E-state index in [1.807, 2.05) is 24.3 Å². The van der Waals surface area contributed by atoms with Gasteiger partial charge in [-0.05, 0) is 24.1 Å². The van der Waals surface area contributed by atoms with Crippen LogP contribution in [0.2, 0.25) is 0 Å². The Morgan fingerprint density at radius 1 is 1.19 bits per heavy atom. The van der Waals surface area contributed by atoms with Crippen molar-refractivity contribution in [2.45, 2.75) is 26.4 Å². The SMILES string of the molecule is CCc1nc(CNC(=NC)NCc2ccc(C(=O)N(C)C)cc2)cs1.I.